The van der Waals surface area contributed by atoms with Gasteiger partial charge < -0.3 is 10.1 Å². The van der Waals surface area contributed by atoms with Crippen LogP contribution in [0.5, 0.6) is 0 Å². The lowest BCUT2D eigenvalue weighted by Crippen LogP contribution is -2.21. The molecule has 0 aliphatic heterocycles. The first-order chi connectivity index (χ1) is 13.5. The molecule has 1 aromatic heterocycles. The van der Waals surface area contributed by atoms with Crippen LogP contribution in [0.15, 0.2) is 30.3 Å². The second-order valence-corrected chi connectivity index (χ2v) is 8.50. The van der Waals surface area contributed by atoms with Crippen LogP contribution in [-0.4, -0.2) is 18.5 Å². The number of amides is 1. The van der Waals surface area contributed by atoms with E-state index in [1.165, 1.54) is 16.2 Å². The number of nitrogens with zero attached hydrogens (tertiary/aromatic N) is 1. The van der Waals surface area contributed by atoms with Crippen molar-refractivity contribution in [3.05, 3.63) is 51.9 Å². The molecule has 28 heavy (non-hydrogen) atoms. The molecule has 5 nitrogen and oxygen atoms in total. The van der Waals surface area contributed by atoms with Crippen LogP contribution in [0, 0.1) is 17.2 Å². The molecule has 0 unspecified atom stereocenters. The van der Waals surface area contributed by atoms with Crippen LogP contribution in [0.3, 0.4) is 0 Å². The van der Waals surface area contributed by atoms with Crippen LogP contribution < -0.4 is 5.32 Å². The zero-order chi connectivity index (χ0) is 20.1. The monoisotopic (exact) mass is 396 g/mol. The molecule has 146 valence electrons. The summed E-state index contributed by atoms with van der Waals surface area (Å²) in [6, 6.07) is 11.9. The number of anilines is 1. The Hall–Kier alpha value is -2.65. The van der Waals surface area contributed by atoms with E-state index in [0.717, 1.165) is 30.4 Å². The molecule has 1 N–H and O–H groups in total. The third-order valence-corrected chi connectivity index (χ3v) is 6.25. The Morgan fingerprint density at radius 3 is 2.82 bits per heavy atom. The molecule has 0 fully saturated rings. The Bertz CT molecular complexity index is 898. The van der Waals surface area contributed by atoms with Crippen LogP contribution in [-0.2, 0) is 27.2 Å². The fraction of sp³-hybridized carbons (Fsp3) is 0.409. The number of nitriles is 1. The molecule has 1 heterocycles. The Balaban J connectivity index is 1.53. The normalized spacial score (nSPS) is 16.5. The Kier molecular flexibility index (Phi) is 6.48. The summed E-state index contributed by atoms with van der Waals surface area (Å²) in [5.41, 5.74) is 2.68. The number of thiophene rings is 1. The van der Waals surface area contributed by atoms with Gasteiger partial charge in [0, 0.05) is 4.88 Å². The van der Waals surface area contributed by atoms with Gasteiger partial charge in [0.25, 0.3) is 5.91 Å². The Morgan fingerprint density at radius 2 is 2.11 bits per heavy atom. The fourth-order valence-electron chi connectivity index (χ4n) is 3.47. The number of rotatable bonds is 6. The van der Waals surface area contributed by atoms with Crippen LogP contribution in [0.4, 0.5) is 5.00 Å². The second kappa shape index (κ2) is 9.03. The Labute approximate surface area is 169 Å². The van der Waals surface area contributed by atoms with Crippen molar-refractivity contribution >= 4 is 28.2 Å². The van der Waals surface area contributed by atoms with E-state index in [9.17, 15) is 14.9 Å². The SMILES string of the molecule is C[C@H]1CCc2c(sc(NC(=O)COC(=O)C[C@@H](C)c3ccccc3)c2C#N)C1. The van der Waals surface area contributed by atoms with E-state index in [-0.39, 0.29) is 18.9 Å². The molecule has 0 saturated heterocycles. The number of nitrogens with one attached hydrogen (secondary N) is 1. The zero-order valence-corrected chi connectivity index (χ0v) is 17.0. The summed E-state index contributed by atoms with van der Waals surface area (Å²) in [4.78, 5) is 25.5. The summed E-state index contributed by atoms with van der Waals surface area (Å²) in [7, 11) is 0. The maximum Gasteiger partial charge on any atom is 0.306 e. The third-order valence-electron chi connectivity index (χ3n) is 5.08. The molecule has 0 radical (unpaired) electrons. The first-order valence-corrected chi connectivity index (χ1v) is 10.3. The number of hydrogen-bond acceptors (Lipinski definition) is 5. The van der Waals surface area contributed by atoms with E-state index >= 15 is 0 Å². The minimum atomic E-state index is -0.413. The molecular weight excluding hydrogens is 372 g/mol. The summed E-state index contributed by atoms with van der Waals surface area (Å²) >= 11 is 1.47. The molecule has 1 aromatic carbocycles. The van der Waals surface area contributed by atoms with Crippen molar-refractivity contribution in [1.82, 2.24) is 0 Å². The zero-order valence-electron chi connectivity index (χ0n) is 16.2. The molecule has 0 saturated carbocycles. The van der Waals surface area contributed by atoms with Crippen LogP contribution >= 0.6 is 11.3 Å². The predicted octanol–water partition coefficient (Wildman–Crippen LogP) is 4.42. The van der Waals surface area contributed by atoms with Gasteiger partial charge in [0.1, 0.15) is 11.1 Å². The van der Waals surface area contributed by atoms with Crippen molar-refractivity contribution in [2.45, 2.75) is 45.4 Å². The number of esters is 1. The van der Waals surface area contributed by atoms with Gasteiger partial charge in [0.2, 0.25) is 0 Å². The maximum atomic E-state index is 12.2. The van der Waals surface area contributed by atoms with Gasteiger partial charge in [-0.15, -0.1) is 11.3 Å². The van der Waals surface area contributed by atoms with Crippen molar-refractivity contribution in [3.8, 4) is 6.07 Å². The number of carbonyl (C=O) groups excluding carboxylic acids is 2. The molecule has 0 bridgehead atoms. The van der Waals surface area contributed by atoms with E-state index in [1.54, 1.807) is 0 Å². The predicted molar refractivity (Wildman–Crippen MR) is 109 cm³/mol. The summed E-state index contributed by atoms with van der Waals surface area (Å²) in [5.74, 6) is -0.211. The van der Waals surface area contributed by atoms with Crippen molar-refractivity contribution in [1.29, 1.82) is 5.26 Å². The molecule has 2 atom stereocenters. The third kappa shape index (κ3) is 4.79. The van der Waals surface area contributed by atoms with Crippen molar-refractivity contribution < 1.29 is 14.3 Å². The first-order valence-electron chi connectivity index (χ1n) is 9.53. The lowest BCUT2D eigenvalue weighted by Gasteiger charge is -2.17. The van der Waals surface area contributed by atoms with Gasteiger partial charge in [-0.3, -0.25) is 9.59 Å². The van der Waals surface area contributed by atoms with Gasteiger partial charge in [-0.2, -0.15) is 5.26 Å². The van der Waals surface area contributed by atoms with Gasteiger partial charge in [0.15, 0.2) is 6.61 Å². The molecule has 6 heteroatoms. The highest BCUT2D eigenvalue weighted by molar-refractivity contribution is 7.16. The standard InChI is InChI=1S/C22H24N2O3S/c1-14-8-9-17-18(12-23)22(28-19(17)10-14)24-20(25)13-27-21(26)11-15(2)16-6-4-3-5-7-16/h3-7,14-15H,8-11,13H2,1-2H3,(H,24,25)/t14-,15+/m0/s1. The summed E-state index contributed by atoms with van der Waals surface area (Å²) in [5, 5.41) is 12.8. The number of benzene rings is 1. The lowest BCUT2D eigenvalue weighted by molar-refractivity contribution is -0.147. The van der Waals surface area contributed by atoms with E-state index in [0.29, 0.717) is 16.5 Å². The highest BCUT2D eigenvalue weighted by Gasteiger charge is 2.25. The quantitative estimate of drug-likeness (QED) is 0.733. The molecule has 1 amide bonds. The van der Waals surface area contributed by atoms with Crippen molar-refractivity contribution in [3.63, 3.8) is 0 Å². The molecule has 1 aliphatic carbocycles. The van der Waals surface area contributed by atoms with Gasteiger partial charge in [-0.25, -0.2) is 0 Å². The smallest absolute Gasteiger partial charge is 0.306 e. The van der Waals surface area contributed by atoms with Crippen LogP contribution in [0.25, 0.3) is 0 Å². The Morgan fingerprint density at radius 1 is 1.36 bits per heavy atom. The van der Waals surface area contributed by atoms with E-state index < -0.39 is 11.9 Å². The summed E-state index contributed by atoms with van der Waals surface area (Å²) < 4.78 is 5.13. The highest BCUT2D eigenvalue weighted by atomic mass is 32.1. The summed E-state index contributed by atoms with van der Waals surface area (Å²) in [6.07, 6.45) is 3.09. The molecule has 2 aromatic rings. The topological polar surface area (TPSA) is 79.2 Å². The lowest BCUT2D eigenvalue weighted by atomic mass is 9.89. The minimum Gasteiger partial charge on any atom is -0.456 e. The highest BCUT2D eigenvalue weighted by Crippen LogP contribution is 2.39. The number of hydrogen-bond donors (Lipinski definition) is 1. The van der Waals surface area contributed by atoms with Crippen LogP contribution in [0.2, 0.25) is 0 Å². The van der Waals surface area contributed by atoms with E-state index in [1.807, 2.05) is 37.3 Å². The van der Waals surface area contributed by atoms with Crippen molar-refractivity contribution in [2.75, 3.05) is 11.9 Å². The van der Waals surface area contributed by atoms with Gasteiger partial charge in [-0.05, 0) is 42.2 Å². The van der Waals surface area contributed by atoms with Gasteiger partial charge in [-0.1, -0.05) is 44.2 Å². The van der Waals surface area contributed by atoms with Gasteiger partial charge in [0.05, 0.1) is 12.0 Å². The minimum absolute atomic E-state index is 0.0213. The molecular formula is C22H24N2O3S. The first kappa shape index (κ1) is 20.1. The number of ether oxygens (including phenoxy) is 1. The molecule has 1 aliphatic rings. The maximum absolute atomic E-state index is 12.2. The summed E-state index contributed by atoms with van der Waals surface area (Å²) in [6.45, 7) is 3.81. The number of fused-ring (bicyclic) bond motifs is 1. The fourth-order valence-corrected chi connectivity index (χ4v) is 4.85. The van der Waals surface area contributed by atoms with Crippen LogP contribution in [0.1, 0.15) is 54.2 Å². The van der Waals surface area contributed by atoms with Gasteiger partial charge >= 0.3 is 5.97 Å². The average molecular weight is 397 g/mol. The average Bonchev–Trinajstić information content (AvgIpc) is 3.02. The molecule has 0 spiro atoms. The molecule has 3 rings (SSSR count). The second-order valence-electron chi connectivity index (χ2n) is 7.39. The van der Waals surface area contributed by atoms with E-state index in [2.05, 4.69) is 18.3 Å². The number of carbonyl (C=O) groups is 2. The van der Waals surface area contributed by atoms with E-state index in [4.69, 9.17) is 4.74 Å². The largest absolute Gasteiger partial charge is 0.456 e. The van der Waals surface area contributed by atoms with Crippen molar-refractivity contribution in [2.24, 2.45) is 5.92 Å².